The van der Waals surface area contributed by atoms with Crippen LogP contribution in [-0.4, -0.2) is 24.4 Å². The van der Waals surface area contributed by atoms with Gasteiger partial charge < -0.3 is 4.74 Å². The van der Waals surface area contributed by atoms with E-state index in [-0.39, 0.29) is 17.4 Å². The van der Waals surface area contributed by atoms with Crippen molar-refractivity contribution in [2.45, 2.75) is 24.8 Å². The van der Waals surface area contributed by atoms with Crippen molar-refractivity contribution in [1.82, 2.24) is 5.32 Å². The fraction of sp³-hybridized carbons (Fsp3) is 0.462. The predicted molar refractivity (Wildman–Crippen MR) is 74.8 cm³/mol. The fourth-order valence-electron chi connectivity index (χ4n) is 1.78. The van der Waals surface area contributed by atoms with E-state index in [1.807, 2.05) is 31.2 Å². The third kappa shape index (κ3) is 3.19. The number of hydrogen-bond donors (Lipinski definition) is 1. The van der Waals surface area contributed by atoms with Gasteiger partial charge >= 0.3 is 5.97 Å². The summed E-state index contributed by atoms with van der Waals surface area (Å²) in [5, 5.41) is 4.06. The lowest BCUT2D eigenvalue weighted by Gasteiger charge is -2.14. The van der Waals surface area contributed by atoms with Crippen molar-refractivity contribution in [2.24, 2.45) is 0 Å². The largest absolute Gasteiger partial charge is 0.465 e. The van der Waals surface area contributed by atoms with Crippen molar-refractivity contribution in [3.63, 3.8) is 0 Å². The van der Waals surface area contributed by atoms with Gasteiger partial charge in [0, 0.05) is 10.8 Å². The van der Waals surface area contributed by atoms with Crippen molar-refractivity contribution in [3.8, 4) is 0 Å². The molecule has 5 heteroatoms. The molecule has 0 spiro atoms. The number of halogens is 1. The van der Waals surface area contributed by atoms with Gasteiger partial charge in [0.15, 0.2) is 0 Å². The summed E-state index contributed by atoms with van der Waals surface area (Å²) < 4.78 is 5.14. The first-order valence-corrected chi connectivity index (χ1v) is 7.43. The maximum Gasteiger partial charge on any atom is 0.324 e. The van der Waals surface area contributed by atoms with Gasteiger partial charge in [0.25, 0.3) is 0 Å². The van der Waals surface area contributed by atoms with Gasteiger partial charge in [0.2, 0.25) is 0 Å². The molecule has 0 saturated carbocycles. The monoisotopic (exact) mass is 285 g/mol. The molecule has 1 saturated heterocycles. The predicted octanol–water partition coefficient (Wildman–Crippen LogP) is 3.00. The molecule has 0 aromatic heterocycles. The molecule has 2 rings (SSSR count). The highest BCUT2D eigenvalue weighted by Crippen LogP contribution is 2.36. The van der Waals surface area contributed by atoms with Crippen LogP contribution in [0.3, 0.4) is 0 Å². The smallest absolute Gasteiger partial charge is 0.324 e. The molecule has 1 N–H and O–H groups in total. The first-order chi connectivity index (χ1) is 8.72. The number of benzene rings is 1. The molecule has 0 aliphatic carbocycles. The Morgan fingerprint density at radius 2 is 2.33 bits per heavy atom. The van der Waals surface area contributed by atoms with Gasteiger partial charge in [-0.3, -0.25) is 10.1 Å². The van der Waals surface area contributed by atoms with E-state index in [0.29, 0.717) is 6.61 Å². The van der Waals surface area contributed by atoms with Crippen molar-refractivity contribution >= 4 is 29.3 Å². The molecule has 2 unspecified atom stereocenters. The van der Waals surface area contributed by atoms with Gasteiger partial charge in [-0.1, -0.05) is 36.7 Å². The van der Waals surface area contributed by atoms with Gasteiger partial charge in [-0.25, -0.2) is 0 Å². The average molecular weight is 286 g/mol. The summed E-state index contributed by atoms with van der Waals surface area (Å²) in [6.07, 6.45) is 0.847. The van der Waals surface area contributed by atoms with Gasteiger partial charge in [0.05, 0.1) is 12.0 Å². The van der Waals surface area contributed by atoms with E-state index in [4.69, 9.17) is 16.3 Å². The normalized spacial score (nSPS) is 23.0. The molecule has 1 aromatic rings. The highest BCUT2D eigenvalue weighted by atomic mass is 35.5. The van der Waals surface area contributed by atoms with Crippen LogP contribution in [0.5, 0.6) is 0 Å². The molecular formula is C13H16ClNO2S. The van der Waals surface area contributed by atoms with E-state index in [0.717, 1.165) is 22.8 Å². The van der Waals surface area contributed by atoms with E-state index in [9.17, 15) is 4.79 Å². The molecule has 98 valence electrons. The van der Waals surface area contributed by atoms with E-state index < -0.39 is 0 Å². The van der Waals surface area contributed by atoms with Crippen LogP contribution in [0.2, 0.25) is 5.02 Å². The van der Waals surface area contributed by atoms with Crippen molar-refractivity contribution in [1.29, 1.82) is 0 Å². The number of ether oxygens (including phenoxy) is 1. The van der Waals surface area contributed by atoms with E-state index in [2.05, 4.69) is 5.32 Å². The number of hydrogen-bond acceptors (Lipinski definition) is 4. The van der Waals surface area contributed by atoms with Crippen LogP contribution in [-0.2, 0) is 9.53 Å². The minimum atomic E-state index is -0.233. The second kappa shape index (κ2) is 6.45. The zero-order valence-electron chi connectivity index (χ0n) is 10.2. The molecule has 3 nitrogen and oxygen atoms in total. The molecule has 0 radical (unpaired) electrons. The van der Waals surface area contributed by atoms with Crippen molar-refractivity contribution < 1.29 is 9.53 Å². The minimum Gasteiger partial charge on any atom is -0.465 e. The van der Waals surface area contributed by atoms with E-state index in [1.54, 1.807) is 11.8 Å². The Morgan fingerprint density at radius 1 is 1.56 bits per heavy atom. The molecule has 18 heavy (non-hydrogen) atoms. The summed E-state index contributed by atoms with van der Waals surface area (Å²) in [5.41, 5.74) is 1.02. The zero-order chi connectivity index (χ0) is 13.0. The van der Waals surface area contributed by atoms with Gasteiger partial charge in [-0.05, 0) is 18.1 Å². The molecule has 1 aliphatic rings. The first-order valence-electron chi connectivity index (χ1n) is 6.01. The highest BCUT2D eigenvalue weighted by molar-refractivity contribution is 7.99. The molecular weight excluding hydrogens is 270 g/mol. The third-order valence-electron chi connectivity index (χ3n) is 2.70. The standard InChI is InChI=1S/C13H16ClNO2S/c1-2-7-17-13(16)11-8-18-12(15-11)9-5-3-4-6-10(9)14/h3-6,11-12,15H,2,7-8H2,1H3. The Bertz CT molecular complexity index is 427. The summed E-state index contributed by atoms with van der Waals surface area (Å²) in [6.45, 7) is 2.47. The number of rotatable bonds is 4. The number of carbonyl (C=O) groups is 1. The number of carbonyl (C=O) groups excluding carboxylic acids is 1. The lowest BCUT2D eigenvalue weighted by Crippen LogP contribution is -2.35. The van der Waals surface area contributed by atoms with Crippen LogP contribution < -0.4 is 5.32 Å². The molecule has 1 fully saturated rings. The fourth-order valence-corrected chi connectivity index (χ4v) is 3.35. The second-order valence-corrected chi connectivity index (χ2v) is 5.67. The van der Waals surface area contributed by atoms with Crippen LogP contribution in [0, 0.1) is 0 Å². The first kappa shape index (κ1) is 13.7. The summed E-state index contributed by atoms with van der Waals surface area (Å²) in [4.78, 5) is 11.7. The summed E-state index contributed by atoms with van der Waals surface area (Å²) in [6, 6.07) is 7.46. The lowest BCUT2D eigenvalue weighted by molar-refractivity contribution is -0.145. The quantitative estimate of drug-likeness (QED) is 0.863. The van der Waals surface area contributed by atoms with E-state index in [1.165, 1.54) is 0 Å². The molecule has 0 bridgehead atoms. The SMILES string of the molecule is CCCOC(=O)C1CSC(c2ccccc2Cl)N1. The Balaban J connectivity index is 1.96. The maximum atomic E-state index is 11.7. The Morgan fingerprint density at radius 3 is 3.06 bits per heavy atom. The van der Waals surface area contributed by atoms with Gasteiger partial charge in [-0.2, -0.15) is 0 Å². The van der Waals surface area contributed by atoms with Crippen LogP contribution in [0.4, 0.5) is 0 Å². The minimum absolute atomic E-state index is 0.0675. The van der Waals surface area contributed by atoms with Gasteiger partial charge in [-0.15, -0.1) is 11.8 Å². The van der Waals surface area contributed by atoms with Crippen LogP contribution in [0.1, 0.15) is 24.3 Å². The molecule has 1 aromatic carbocycles. The molecule has 1 aliphatic heterocycles. The van der Waals surface area contributed by atoms with Crippen LogP contribution in [0.25, 0.3) is 0 Å². The molecule has 0 amide bonds. The lowest BCUT2D eigenvalue weighted by atomic mass is 10.2. The van der Waals surface area contributed by atoms with E-state index >= 15 is 0 Å². The Kier molecular flexibility index (Phi) is 4.92. The second-order valence-electron chi connectivity index (χ2n) is 4.12. The maximum absolute atomic E-state index is 11.7. The number of thioether (sulfide) groups is 1. The van der Waals surface area contributed by atoms with Crippen molar-refractivity contribution in [2.75, 3.05) is 12.4 Å². The Labute approximate surface area is 116 Å². The van der Waals surface area contributed by atoms with Crippen LogP contribution >= 0.6 is 23.4 Å². The topological polar surface area (TPSA) is 38.3 Å². The summed E-state index contributed by atoms with van der Waals surface area (Å²) in [5.74, 6) is 0.553. The number of nitrogens with one attached hydrogen (secondary N) is 1. The van der Waals surface area contributed by atoms with Gasteiger partial charge in [0.1, 0.15) is 6.04 Å². The molecule has 1 heterocycles. The third-order valence-corrected chi connectivity index (χ3v) is 4.30. The molecule has 2 atom stereocenters. The zero-order valence-corrected chi connectivity index (χ0v) is 11.8. The summed E-state index contributed by atoms with van der Waals surface area (Å²) in [7, 11) is 0. The highest BCUT2D eigenvalue weighted by Gasteiger charge is 2.32. The average Bonchev–Trinajstić information content (AvgIpc) is 2.86. The summed E-state index contributed by atoms with van der Waals surface area (Å²) >= 11 is 7.83. The Hall–Kier alpha value is -0.710. The number of esters is 1. The van der Waals surface area contributed by atoms with Crippen molar-refractivity contribution in [3.05, 3.63) is 34.9 Å². The van der Waals surface area contributed by atoms with Crippen LogP contribution in [0.15, 0.2) is 24.3 Å².